The number of aliphatic hydroxyl groups is 4. The van der Waals surface area contributed by atoms with Gasteiger partial charge in [-0.15, -0.1) is 0 Å². The molecule has 0 amide bonds. The zero-order valence-electron chi connectivity index (χ0n) is 35.8. The summed E-state index contributed by atoms with van der Waals surface area (Å²) in [7, 11) is 0. The van der Waals surface area contributed by atoms with E-state index < -0.39 is 0 Å². The molecule has 0 atom stereocenters. The number of aliphatic hydroxyl groups excluding tert-OH is 4. The van der Waals surface area contributed by atoms with E-state index in [2.05, 4.69) is 109 Å². The highest BCUT2D eigenvalue weighted by molar-refractivity contribution is 7.99. The molecule has 0 spiro atoms. The van der Waals surface area contributed by atoms with Crippen LogP contribution >= 0.6 is 11.8 Å². The Morgan fingerprint density at radius 2 is 0.508 bits per heavy atom. The molecule has 0 aliphatic carbocycles. The van der Waals surface area contributed by atoms with Crippen molar-refractivity contribution in [3.8, 4) is 89.8 Å². The molecule has 0 aromatic heterocycles. The highest BCUT2D eigenvalue weighted by atomic mass is 32.2. The minimum atomic E-state index is -0.0523. The first-order valence-corrected chi connectivity index (χ1v) is 22.4. The smallest absolute Gasteiger partial charge is 0.119 e. The van der Waals surface area contributed by atoms with Gasteiger partial charge < -0.3 is 39.4 Å². The SMILES string of the molecule is OCCOc1ccc(-c2cccc(-c3ccc(Sc4ccc(-c5cccc(-c6ccc(OCCO)cc6)c5-c5ccc(OCCO)cc5)cc4)cc3)c2-c2ccc(OCCO)cc2)cc1. The summed E-state index contributed by atoms with van der Waals surface area (Å²) >= 11 is 1.71. The molecule has 8 rings (SSSR count). The van der Waals surface area contributed by atoms with Gasteiger partial charge in [-0.05, 0) is 140 Å². The predicted octanol–water partition coefficient (Wildman–Crippen LogP) is 11.3. The van der Waals surface area contributed by atoms with Crippen molar-refractivity contribution in [2.24, 2.45) is 0 Å². The van der Waals surface area contributed by atoms with Crippen LogP contribution in [0.3, 0.4) is 0 Å². The third-order valence-corrected chi connectivity index (χ3v) is 11.8. The van der Waals surface area contributed by atoms with Crippen LogP contribution in [-0.2, 0) is 0 Å². The Labute approximate surface area is 384 Å². The Morgan fingerprint density at radius 1 is 0.277 bits per heavy atom. The lowest BCUT2D eigenvalue weighted by Gasteiger charge is -2.18. The zero-order valence-corrected chi connectivity index (χ0v) is 36.6. The lowest BCUT2D eigenvalue weighted by atomic mass is 9.87. The van der Waals surface area contributed by atoms with Crippen LogP contribution in [0.25, 0.3) is 66.8 Å². The summed E-state index contributed by atoms with van der Waals surface area (Å²) in [5, 5.41) is 37.0. The molecule has 0 fully saturated rings. The van der Waals surface area contributed by atoms with Gasteiger partial charge in [0.1, 0.15) is 49.4 Å². The minimum Gasteiger partial charge on any atom is -0.491 e. The van der Waals surface area contributed by atoms with Gasteiger partial charge in [0.2, 0.25) is 0 Å². The number of rotatable bonds is 20. The Bertz CT molecular complexity index is 2540. The van der Waals surface area contributed by atoms with Crippen molar-refractivity contribution in [2.75, 3.05) is 52.9 Å². The first-order valence-electron chi connectivity index (χ1n) is 21.6. The van der Waals surface area contributed by atoms with Crippen molar-refractivity contribution >= 4 is 11.8 Å². The fourth-order valence-electron chi connectivity index (χ4n) is 7.78. The number of ether oxygens (including phenoxy) is 4. The summed E-state index contributed by atoms with van der Waals surface area (Å²) < 4.78 is 22.6. The van der Waals surface area contributed by atoms with Crippen molar-refractivity contribution in [1.82, 2.24) is 0 Å². The van der Waals surface area contributed by atoms with Crippen molar-refractivity contribution < 1.29 is 39.4 Å². The van der Waals surface area contributed by atoms with Gasteiger partial charge >= 0.3 is 0 Å². The quantitative estimate of drug-likeness (QED) is 0.0593. The highest BCUT2D eigenvalue weighted by Crippen LogP contribution is 2.44. The van der Waals surface area contributed by atoms with Gasteiger partial charge in [0.05, 0.1) is 26.4 Å². The molecule has 0 saturated carbocycles. The normalized spacial score (nSPS) is 11.0. The summed E-state index contributed by atoms with van der Waals surface area (Å²) in [5.74, 6) is 2.79. The monoisotopic (exact) mass is 882 g/mol. The molecule has 0 aliphatic rings. The molecule has 0 radical (unpaired) electrons. The van der Waals surface area contributed by atoms with Crippen LogP contribution in [0.1, 0.15) is 0 Å². The molecule has 0 saturated heterocycles. The van der Waals surface area contributed by atoms with E-state index in [9.17, 15) is 20.4 Å². The molecule has 9 heteroatoms. The Kier molecular flexibility index (Phi) is 15.3. The average Bonchev–Trinajstić information content (AvgIpc) is 3.37. The van der Waals surface area contributed by atoms with E-state index in [0.717, 1.165) is 76.6 Å². The fourth-order valence-corrected chi connectivity index (χ4v) is 8.60. The van der Waals surface area contributed by atoms with E-state index in [1.165, 1.54) is 0 Å². The predicted molar refractivity (Wildman–Crippen MR) is 260 cm³/mol. The van der Waals surface area contributed by atoms with Gasteiger partial charge in [-0.2, -0.15) is 0 Å². The molecule has 0 unspecified atom stereocenters. The lowest BCUT2D eigenvalue weighted by molar-refractivity contribution is 0.201. The van der Waals surface area contributed by atoms with Gasteiger partial charge in [0.25, 0.3) is 0 Å². The second kappa shape index (κ2) is 22.2. The molecule has 8 aromatic rings. The molecule has 0 heterocycles. The van der Waals surface area contributed by atoms with Crippen LogP contribution in [-0.4, -0.2) is 73.3 Å². The standard InChI is InChI=1S/C56H50O8S/c57-31-35-61-45-19-7-39(8-20-45)51-3-1-5-53(55(51)43-11-23-47(24-12-43)63-37-33-59)41-15-27-49(28-16-41)65-50-29-17-42(18-30-50)54-6-2-4-52(40-9-21-46(22-10-40)62-36-32-58)56(54)44-13-25-48(26-14-44)64-38-34-60/h1-30,57-60H,31-38H2. The maximum Gasteiger partial charge on any atom is 0.119 e. The molecule has 65 heavy (non-hydrogen) atoms. The summed E-state index contributed by atoms with van der Waals surface area (Å²) in [6.07, 6.45) is 0. The third-order valence-electron chi connectivity index (χ3n) is 10.8. The number of hydrogen-bond acceptors (Lipinski definition) is 9. The van der Waals surface area contributed by atoms with Crippen LogP contribution in [0.15, 0.2) is 192 Å². The first-order chi connectivity index (χ1) is 32.0. The van der Waals surface area contributed by atoms with E-state index in [0.29, 0.717) is 23.0 Å². The van der Waals surface area contributed by atoms with Crippen molar-refractivity contribution in [3.63, 3.8) is 0 Å². The number of benzene rings is 8. The first kappa shape index (κ1) is 44.7. The second-order valence-electron chi connectivity index (χ2n) is 15.0. The largest absolute Gasteiger partial charge is 0.491 e. The van der Waals surface area contributed by atoms with E-state index >= 15 is 0 Å². The lowest BCUT2D eigenvalue weighted by Crippen LogP contribution is -2.01. The van der Waals surface area contributed by atoms with E-state index in [4.69, 9.17) is 18.9 Å². The van der Waals surface area contributed by atoms with Gasteiger partial charge in [0, 0.05) is 9.79 Å². The molecule has 4 N–H and O–H groups in total. The van der Waals surface area contributed by atoms with Crippen LogP contribution in [0, 0.1) is 0 Å². The fraction of sp³-hybridized carbons (Fsp3) is 0.143. The molecule has 0 bridgehead atoms. The average molecular weight is 883 g/mol. The van der Waals surface area contributed by atoms with Gasteiger partial charge in [-0.3, -0.25) is 0 Å². The maximum atomic E-state index is 9.28. The molecular formula is C56H50O8S. The summed E-state index contributed by atoms with van der Waals surface area (Å²) in [6, 6.07) is 61.9. The topological polar surface area (TPSA) is 118 Å². The summed E-state index contributed by atoms with van der Waals surface area (Å²) in [5.41, 5.74) is 12.8. The Balaban J connectivity index is 1.07. The van der Waals surface area contributed by atoms with E-state index in [-0.39, 0.29) is 52.9 Å². The zero-order chi connectivity index (χ0) is 44.8. The maximum absolute atomic E-state index is 9.28. The molecule has 0 aliphatic heterocycles. The molecule has 328 valence electrons. The second-order valence-corrected chi connectivity index (χ2v) is 16.1. The van der Waals surface area contributed by atoms with Crippen molar-refractivity contribution in [1.29, 1.82) is 0 Å². The Hall–Kier alpha value is -6.85. The highest BCUT2D eigenvalue weighted by Gasteiger charge is 2.17. The molecule has 8 aromatic carbocycles. The van der Waals surface area contributed by atoms with Crippen LogP contribution in [0.2, 0.25) is 0 Å². The van der Waals surface area contributed by atoms with E-state index in [1.54, 1.807) is 11.8 Å². The summed E-state index contributed by atoms with van der Waals surface area (Å²) in [4.78, 5) is 2.22. The van der Waals surface area contributed by atoms with Crippen LogP contribution in [0.4, 0.5) is 0 Å². The van der Waals surface area contributed by atoms with Gasteiger partial charge in [-0.25, -0.2) is 0 Å². The Morgan fingerprint density at radius 3 is 0.754 bits per heavy atom. The molecule has 8 nitrogen and oxygen atoms in total. The van der Waals surface area contributed by atoms with Crippen LogP contribution in [0.5, 0.6) is 23.0 Å². The minimum absolute atomic E-state index is 0.0468. The number of hydrogen-bond donors (Lipinski definition) is 4. The third kappa shape index (κ3) is 11.1. The van der Waals surface area contributed by atoms with Gasteiger partial charge in [0.15, 0.2) is 0 Å². The van der Waals surface area contributed by atoms with Gasteiger partial charge in [-0.1, -0.05) is 121 Å². The van der Waals surface area contributed by atoms with Crippen molar-refractivity contribution in [2.45, 2.75) is 9.79 Å². The van der Waals surface area contributed by atoms with Crippen molar-refractivity contribution in [3.05, 3.63) is 182 Å². The van der Waals surface area contributed by atoms with Crippen LogP contribution < -0.4 is 18.9 Å². The summed E-state index contributed by atoms with van der Waals surface area (Å²) in [6.45, 7) is 0.739. The molecular weight excluding hydrogens is 833 g/mol. The van der Waals surface area contributed by atoms with E-state index in [1.807, 2.05) is 72.8 Å².